The number of carbonyl (C=O) groups is 1. The lowest BCUT2D eigenvalue weighted by Gasteiger charge is -2.28. The van der Waals surface area contributed by atoms with E-state index in [4.69, 9.17) is 0 Å². The van der Waals surface area contributed by atoms with E-state index in [1.807, 2.05) is 0 Å². The second-order valence-corrected chi connectivity index (χ2v) is 7.03. The lowest BCUT2D eigenvalue weighted by molar-refractivity contribution is -0.148. The molecule has 0 saturated carbocycles. The van der Waals surface area contributed by atoms with E-state index in [0.29, 0.717) is 6.54 Å². The molecule has 2 atom stereocenters. The van der Waals surface area contributed by atoms with Gasteiger partial charge >= 0.3 is 5.97 Å². The van der Waals surface area contributed by atoms with E-state index in [2.05, 4.69) is 65.6 Å². The van der Waals surface area contributed by atoms with Crippen LogP contribution in [0.1, 0.15) is 44.7 Å². The van der Waals surface area contributed by atoms with Gasteiger partial charge in [-0.3, -0.25) is 9.69 Å². The lowest BCUT2D eigenvalue weighted by atomic mass is 9.82. The molecule has 1 aromatic carbocycles. The molecule has 1 saturated heterocycles. The highest BCUT2D eigenvalue weighted by molar-refractivity contribution is 14.1. The molecule has 1 N–H and O–H groups in total. The molecule has 0 spiro atoms. The van der Waals surface area contributed by atoms with Gasteiger partial charge in [0.1, 0.15) is 0 Å². The smallest absolute Gasteiger partial charge is 0.310 e. The van der Waals surface area contributed by atoms with Crippen LogP contribution in [0.15, 0.2) is 24.3 Å². The molecule has 0 radical (unpaired) electrons. The van der Waals surface area contributed by atoms with Crippen molar-refractivity contribution >= 4 is 28.6 Å². The van der Waals surface area contributed by atoms with Crippen molar-refractivity contribution in [3.8, 4) is 0 Å². The minimum absolute atomic E-state index is 0.282. The number of aliphatic carboxylic acids is 1. The molecule has 2 unspecified atom stereocenters. The van der Waals surface area contributed by atoms with E-state index >= 15 is 0 Å². The fraction of sp³-hybridized carbons (Fsp3) is 0.562. The second-order valence-electron chi connectivity index (χ2n) is 5.78. The first-order valence-electron chi connectivity index (χ1n) is 7.21. The van der Waals surface area contributed by atoms with Gasteiger partial charge in [0.05, 0.1) is 5.41 Å². The number of carboxylic acid groups (broad SMARTS) is 1. The van der Waals surface area contributed by atoms with Gasteiger partial charge in [-0.15, -0.1) is 0 Å². The lowest BCUT2D eigenvalue weighted by Crippen LogP contribution is -2.35. The van der Waals surface area contributed by atoms with Gasteiger partial charge in [0, 0.05) is 16.2 Å². The van der Waals surface area contributed by atoms with Crippen LogP contribution < -0.4 is 0 Å². The van der Waals surface area contributed by atoms with E-state index < -0.39 is 11.4 Å². The number of rotatable bonds is 5. The molecular formula is C16H22INO2. The Morgan fingerprint density at radius 3 is 2.65 bits per heavy atom. The Labute approximate surface area is 134 Å². The second kappa shape index (κ2) is 6.43. The average Bonchev–Trinajstić information content (AvgIpc) is 2.85. The number of hydrogen-bond donors (Lipinski definition) is 1. The van der Waals surface area contributed by atoms with Crippen molar-refractivity contribution in [3.63, 3.8) is 0 Å². The van der Waals surface area contributed by atoms with E-state index in [1.165, 1.54) is 9.13 Å². The van der Waals surface area contributed by atoms with Crippen LogP contribution in [0.2, 0.25) is 0 Å². The summed E-state index contributed by atoms with van der Waals surface area (Å²) in [4.78, 5) is 13.9. The highest BCUT2D eigenvalue weighted by atomic mass is 127. The Morgan fingerprint density at radius 1 is 1.45 bits per heavy atom. The van der Waals surface area contributed by atoms with Gasteiger partial charge in [0.15, 0.2) is 0 Å². The van der Waals surface area contributed by atoms with Crippen molar-refractivity contribution < 1.29 is 9.90 Å². The van der Waals surface area contributed by atoms with Crippen molar-refractivity contribution in [1.82, 2.24) is 4.90 Å². The first kappa shape index (κ1) is 15.8. The van der Waals surface area contributed by atoms with Gasteiger partial charge in [-0.2, -0.15) is 0 Å². The van der Waals surface area contributed by atoms with E-state index in [9.17, 15) is 9.90 Å². The maximum Gasteiger partial charge on any atom is 0.310 e. The molecule has 0 bridgehead atoms. The molecule has 110 valence electrons. The van der Waals surface area contributed by atoms with Gasteiger partial charge in [-0.25, -0.2) is 0 Å². The molecule has 3 nitrogen and oxygen atoms in total. The van der Waals surface area contributed by atoms with Crippen LogP contribution >= 0.6 is 22.6 Å². The first-order chi connectivity index (χ1) is 9.48. The predicted molar refractivity (Wildman–Crippen MR) is 88.7 cm³/mol. The van der Waals surface area contributed by atoms with Crippen molar-refractivity contribution in [2.24, 2.45) is 5.41 Å². The van der Waals surface area contributed by atoms with Crippen LogP contribution in [0.3, 0.4) is 0 Å². The summed E-state index contributed by atoms with van der Waals surface area (Å²) in [6.45, 7) is 5.78. The number of carboxylic acids is 1. The molecule has 4 heteroatoms. The van der Waals surface area contributed by atoms with Gasteiger partial charge < -0.3 is 5.11 Å². The number of likely N-dealkylation sites (tertiary alicyclic amines) is 1. The summed E-state index contributed by atoms with van der Waals surface area (Å²) in [5.41, 5.74) is 0.731. The SMILES string of the molecule is CCCC1(C(=O)O)CCN(C(C)c2ccc(I)cc2)C1. The maximum absolute atomic E-state index is 11.6. The van der Waals surface area contributed by atoms with E-state index in [-0.39, 0.29) is 6.04 Å². The van der Waals surface area contributed by atoms with Gasteiger partial charge in [-0.05, 0) is 66.6 Å². The summed E-state index contributed by atoms with van der Waals surface area (Å²) in [7, 11) is 0. The summed E-state index contributed by atoms with van der Waals surface area (Å²) >= 11 is 2.30. The summed E-state index contributed by atoms with van der Waals surface area (Å²) in [6, 6.07) is 8.79. The van der Waals surface area contributed by atoms with Crippen LogP contribution in [0.5, 0.6) is 0 Å². The Balaban J connectivity index is 2.11. The highest BCUT2D eigenvalue weighted by Crippen LogP contribution is 2.39. The summed E-state index contributed by atoms with van der Waals surface area (Å²) in [5, 5.41) is 9.57. The van der Waals surface area contributed by atoms with Gasteiger partial charge in [-0.1, -0.05) is 25.5 Å². The third-order valence-corrected chi connectivity index (χ3v) is 5.18. The minimum atomic E-state index is -0.628. The van der Waals surface area contributed by atoms with E-state index in [0.717, 1.165) is 25.8 Å². The summed E-state index contributed by atoms with van der Waals surface area (Å²) < 4.78 is 1.23. The van der Waals surface area contributed by atoms with Crippen molar-refractivity contribution in [2.45, 2.75) is 39.2 Å². The van der Waals surface area contributed by atoms with Crippen LogP contribution in [0.4, 0.5) is 0 Å². The van der Waals surface area contributed by atoms with Crippen molar-refractivity contribution in [1.29, 1.82) is 0 Å². The summed E-state index contributed by atoms with van der Waals surface area (Å²) in [5.74, 6) is -0.628. The molecule has 0 aliphatic carbocycles. The zero-order valence-electron chi connectivity index (χ0n) is 12.1. The van der Waals surface area contributed by atoms with Crippen LogP contribution in [-0.2, 0) is 4.79 Å². The molecule has 20 heavy (non-hydrogen) atoms. The zero-order chi connectivity index (χ0) is 14.8. The Kier molecular flexibility index (Phi) is 5.07. The zero-order valence-corrected chi connectivity index (χ0v) is 14.3. The molecule has 1 aliphatic rings. The molecule has 1 aromatic rings. The molecule has 0 aromatic heterocycles. The Hall–Kier alpha value is -0.620. The predicted octanol–water partition coefficient (Wildman–Crippen LogP) is 3.93. The maximum atomic E-state index is 11.6. The van der Waals surface area contributed by atoms with Gasteiger partial charge in [0.2, 0.25) is 0 Å². The number of hydrogen-bond acceptors (Lipinski definition) is 2. The van der Waals surface area contributed by atoms with Gasteiger partial charge in [0.25, 0.3) is 0 Å². The Morgan fingerprint density at radius 2 is 2.10 bits per heavy atom. The summed E-state index contributed by atoms with van der Waals surface area (Å²) in [6.07, 6.45) is 2.47. The quantitative estimate of drug-likeness (QED) is 0.779. The molecular weight excluding hydrogens is 365 g/mol. The highest BCUT2D eigenvalue weighted by Gasteiger charge is 2.45. The number of nitrogens with zero attached hydrogens (tertiary/aromatic N) is 1. The fourth-order valence-electron chi connectivity index (χ4n) is 3.15. The van der Waals surface area contributed by atoms with Crippen LogP contribution in [0.25, 0.3) is 0 Å². The van der Waals surface area contributed by atoms with Crippen molar-refractivity contribution in [3.05, 3.63) is 33.4 Å². The molecule has 2 rings (SSSR count). The normalized spacial score (nSPS) is 24.8. The topological polar surface area (TPSA) is 40.5 Å². The largest absolute Gasteiger partial charge is 0.481 e. The Bertz CT molecular complexity index is 474. The van der Waals surface area contributed by atoms with E-state index in [1.54, 1.807) is 0 Å². The molecule has 0 amide bonds. The third-order valence-electron chi connectivity index (χ3n) is 4.47. The first-order valence-corrected chi connectivity index (χ1v) is 8.29. The standard InChI is InChI=1S/C16H22INO2/c1-3-8-16(15(19)20)9-10-18(11-16)12(2)13-4-6-14(17)7-5-13/h4-7,12H,3,8-11H2,1-2H3,(H,19,20). The van der Waals surface area contributed by atoms with Crippen LogP contribution in [-0.4, -0.2) is 29.1 Å². The average molecular weight is 387 g/mol. The third kappa shape index (κ3) is 3.17. The number of benzene rings is 1. The molecule has 1 fully saturated rings. The molecule has 1 aliphatic heterocycles. The van der Waals surface area contributed by atoms with Crippen LogP contribution in [0, 0.1) is 8.99 Å². The van der Waals surface area contributed by atoms with Crippen molar-refractivity contribution in [2.75, 3.05) is 13.1 Å². The molecule has 1 heterocycles. The monoisotopic (exact) mass is 387 g/mol. The number of halogens is 1. The fourth-order valence-corrected chi connectivity index (χ4v) is 3.51. The minimum Gasteiger partial charge on any atom is -0.481 e.